The van der Waals surface area contributed by atoms with Crippen molar-refractivity contribution in [2.45, 2.75) is 135 Å². The predicted octanol–water partition coefficient (Wildman–Crippen LogP) is 9.78. The van der Waals surface area contributed by atoms with Crippen molar-refractivity contribution in [3.05, 3.63) is 34.6 Å². The van der Waals surface area contributed by atoms with Gasteiger partial charge in [-0.05, 0) is 104 Å². The smallest absolute Gasteiger partial charge is 0.126 e. The summed E-state index contributed by atoms with van der Waals surface area (Å²) in [6, 6.07) is 4.27. The van der Waals surface area contributed by atoms with E-state index in [9.17, 15) is 0 Å². The van der Waals surface area contributed by atoms with Gasteiger partial charge in [-0.2, -0.15) is 0 Å². The molecule has 0 spiro atoms. The number of benzene rings is 1. The van der Waals surface area contributed by atoms with E-state index in [1.54, 1.807) is 0 Å². The van der Waals surface area contributed by atoms with Crippen molar-refractivity contribution in [1.82, 2.24) is 0 Å². The Bertz CT molecular complexity index is 707. The van der Waals surface area contributed by atoms with Gasteiger partial charge in [0.05, 0.1) is 0 Å². The van der Waals surface area contributed by atoms with Crippen molar-refractivity contribution in [3.8, 4) is 0 Å². The highest BCUT2D eigenvalue weighted by atomic mass is 19.1. The van der Waals surface area contributed by atoms with Crippen LogP contribution in [0.5, 0.6) is 0 Å². The largest absolute Gasteiger partial charge is 0.207 e. The van der Waals surface area contributed by atoms with E-state index in [1.807, 2.05) is 6.07 Å². The first-order valence-corrected chi connectivity index (χ1v) is 14.5. The third kappa shape index (κ3) is 6.18. The summed E-state index contributed by atoms with van der Waals surface area (Å²) in [7, 11) is 0. The number of hydrogen-bond donors (Lipinski definition) is 0. The van der Waals surface area contributed by atoms with Crippen LogP contribution in [0.4, 0.5) is 4.39 Å². The fourth-order valence-corrected chi connectivity index (χ4v) is 7.51. The number of halogens is 1. The van der Waals surface area contributed by atoms with Gasteiger partial charge in [-0.25, -0.2) is 4.39 Å². The zero-order valence-corrected chi connectivity index (χ0v) is 21.1. The zero-order chi connectivity index (χ0) is 22.3. The number of fused-ring (bicyclic) bond motifs is 2. The maximum Gasteiger partial charge on any atom is 0.126 e. The van der Waals surface area contributed by atoms with Crippen LogP contribution in [-0.2, 0) is 12.8 Å². The van der Waals surface area contributed by atoms with Crippen LogP contribution >= 0.6 is 0 Å². The molecular weight excluding hydrogens is 391 g/mol. The van der Waals surface area contributed by atoms with Crippen LogP contribution in [0.1, 0.15) is 139 Å². The molecule has 5 atom stereocenters. The second kappa shape index (κ2) is 12.0. The monoisotopic (exact) mass is 440 g/mol. The molecule has 0 amide bonds. The summed E-state index contributed by atoms with van der Waals surface area (Å²) < 4.78 is 15.3. The first-order valence-electron chi connectivity index (χ1n) is 14.5. The van der Waals surface area contributed by atoms with E-state index in [1.165, 1.54) is 120 Å². The Hall–Kier alpha value is -0.850. The van der Waals surface area contributed by atoms with E-state index in [4.69, 9.17) is 0 Å². The zero-order valence-electron chi connectivity index (χ0n) is 21.1. The molecule has 0 radical (unpaired) electrons. The molecule has 0 N–H and O–H groups in total. The molecule has 4 rings (SSSR count). The van der Waals surface area contributed by atoms with E-state index in [2.05, 4.69) is 19.9 Å². The van der Waals surface area contributed by atoms with Crippen molar-refractivity contribution in [2.75, 3.05) is 0 Å². The van der Waals surface area contributed by atoms with Gasteiger partial charge in [0, 0.05) is 0 Å². The molecule has 2 fully saturated rings. The van der Waals surface area contributed by atoms with Crippen molar-refractivity contribution in [2.24, 2.45) is 23.7 Å². The molecule has 0 saturated heterocycles. The van der Waals surface area contributed by atoms with E-state index >= 15 is 4.39 Å². The molecule has 0 nitrogen and oxygen atoms in total. The van der Waals surface area contributed by atoms with Gasteiger partial charge in [-0.1, -0.05) is 84.1 Å². The lowest BCUT2D eigenvalue weighted by molar-refractivity contribution is 0.112. The Labute approximate surface area is 198 Å². The molecule has 180 valence electrons. The van der Waals surface area contributed by atoms with Crippen molar-refractivity contribution < 1.29 is 4.39 Å². The van der Waals surface area contributed by atoms with Gasteiger partial charge in [-0.3, -0.25) is 0 Å². The average molecular weight is 441 g/mol. The highest BCUT2D eigenvalue weighted by Gasteiger charge is 2.36. The molecule has 0 heterocycles. The number of unbranched alkanes of at least 4 members (excludes halogenated alkanes) is 5. The van der Waals surface area contributed by atoms with Crippen LogP contribution in [0.15, 0.2) is 12.1 Å². The number of hydrogen-bond acceptors (Lipinski definition) is 0. The van der Waals surface area contributed by atoms with Crippen molar-refractivity contribution in [1.29, 1.82) is 0 Å². The van der Waals surface area contributed by atoms with Gasteiger partial charge in [-0.15, -0.1) is 0 Å². The van der Waals surface area contributed by atoms with E-state index in [0.29, 0.717) is 5.92 Å². The van der Waals surface area contributed by atoms with E-state index < -0.39 is 0 Å². The Morgan fingerprint density at radius 3 is 2.28 bits per heavy atom. The second-order valence-electron chi connectivity index (χ2n) is 11.8. The van der Waals surface area contributed by atoms with Gasteiger partial charge < -0.3 is 0 Å². The summed E-state index contributed by atoms with van der Waals surface area (Å²) >= 11 is 0. The lowest BCUT2D eigenvalue weighted by Crippen LogP contribution is -2.31. The maximum atomic E-state index is 15.3. The molecular formula is C31H49F. The normalized spacial score (nSPS) is 30.0. The molecule has 0 aliphatic heterocycles. The Morgan fingerprint density at radius 2 is 1.44 bits per heavy atom. The number of aryl methyl sites for hydroxylation is 1. The molecule has 2 saturated carbocycles. The molecule has 1 heteroatoms. The Balaban J connectivity index is 1.31. The van der Waals surface area contributed by atoms with Crippen molar-refractivity contribution in [3.63, 3.8) is 0 Å². The highest BCUT2D eigenvalue weighted by molar-refractivity contribution is 5.37. The maximum absolute atomic E-state index is 15.3. The fraction of sp³-hybridized carbons (Fsp3) is 0.806. The molecule has 1 aromatic rings. The molecule has 0 aromatic heterocycles. The Morgan fingerprint density at radius 1 is 0.719 bits per heavy atom. The molecule has 32 heavy (non-hydrogen) atoms. The molecule has 1 aromatic carbocycles. The third-order valence-corrected chi connectivity index (χ3v) is 9.49. The van der Waals surface area contributed by atoms with Crippen LogP contribution in [0.25, 0.3) is 0 Å². The summed E-state index contributed by atoms with van der Waals surface area (Å²) in [5, 5.41) is 0. The Kier molecular flexibility index (Phi) is 9.13. The standard InChI is InChI=1S/C31H49F/c1-3-5-7-9-11-23-12-14-26-20-28(17-16-25(26)18-23)30-21-27-15-13-24(10-8-6-4-2)19-29(27)22-31(30)32/h21-26,28H,3-20H2,1-2H3. The SMILES string of the molecule is CCCCCCC1CCC2CC(c3cc4c(cc3F)CC(CCCCC)CC4)CCC2C1. The van der Waals surface area contributed by atoms with Gasteiger partial charge in [0.15, 0.2) is 0 Å². The van der Waals surface area contributed by atoms with Gasteiger partial charge in [0.25, 0.3) is 0 Å². The minimum Gasteiger partial charge on any atom is -0.207 e. The van der Waals surface area contributed by atoms with Crippen LogP contribution in [0.3, 0.4) is 0 Å². The second-order valence-corrected chi connectivity index (χ2v) is 11.8. The summed E-state index contributed by atoms with van der Waals surface area (Å²) in [6.07, 6.45) is 24.2. The summed E-state index contributed by atoms with van der Waals surface area (Å²) in [4.78, 5) is 0. The van der Waals surface area contributed by atoms with Crippen LogP contribution in [0, 0.1) is 29.5 Å². The molecule has 3 aliphatic rings. The molecule has 5 unspecified atom stereocenters. The topological polar surface area (TPSA) is 0 Å². The summed E-state index contributed by atoms with van der Waals surface area (Å²) in [5.41, 5.74) is 3.88. The van der Waals surface area contributed by atoms with Gasteiger partial charge in [0.2, 0.25) is 0 Å². The quantitative estimate of drug-likeness (QED) is 0.317. The van der Waals surface area contributed by atoms with Crippen LogP contribution < -0.4 is 0 Å². The molecule has 3 aliphatic carbocycles. The predicted molar refractivity (Wildman–Crippen MR) is 136 cm³/mol. The lowest BCUT2D eigenvalue weighted by atomic mass is 9.63. The summed E-state index contributed by atoms with van der Waals surface area (Å²) in [6.45, 7) is 4.58. The number of rotatable bonds is 10. The summed E-state index contributed by atoms with van der Waals surface area (Å²) in [5.74, 6) is 4.15. The first kappa shape index (κ1) is 24.3. The minimum atomic E-state index is 0.117. The molecule has 0 bridgehead atoms. The van der Waals surface area contributed by atoms with E-state index in [-0.39, 0.29) is 5.82 Å². The highest BCUT2D eigenvalue weighted by Crippen LogP contribution is 2.49. The van der Waals surface area contributed by atoms with E-state index in [0.717, 1.165) is 35.7 Å². The lowest BCUT2D eigenvalue weighted by Gasteiger charge is -2.42. The minimum absolute atomic E-state index is 0.117. The fourth-order valence-electron chi connectivity index (χ4n) is 7.51. The van der Waals surface area contributed by atoms with Gasteiger partial charge in [0.1, 0.15) is 5.82 Å². The van der Waals surface area contributed by atoms with Crippen LogP contribution in [-0.4, -0.2) is 0 Å². The van der Waals surface area contributed by atoms with Gasteiger partial charge >= 0.3 is 0 Å². The first-order chi connectivity index (χ1) is 15.7. The van der Waals surface area contributed by atoms with Crippen LogP contribution in [0.2, 0.25) is 0 Å². The third-order valence-electron chi connectivity index (χ3n) is 9.49. The average Bonchev–Trinajstić information content (AvgIpc) is 2.81. The van der Waals surface area contributed by atoms with Crippen molar-refractivity contribution >= 4 is 0 Å².